The minimum atomic E-state index is 0.404. The molecule has 0 N–H and O–H groups in total. The molecule has 13 heavy (non-hydrogen) atoms. The Morgan fingerprint density at radius 1 is 0.923 bits per heavy atom. The molecule has 0 unspecified atom stereocenters. The highest BCUT2D eigenvalue weighted by Crippen LogP contribution is 2.19. The van der Waals surface area contributed by atoms with Gasteiger partial charge in [-0.1, -0.05) is 65.0 Å². The van der Waals surface area contributed by atoms with Gasteiger partial charge in [0.15, 0.2) is 0 Å². The highest BCUT2D eigenvalue weighted by Gasteiger charge is 2.09. The van der Waals surface area contributed by atoms with E-state index in [1.165, 1.54) is 5.56 Å². The molecule has 0 radical (unpaired) electrons. The van der Waals surface area contributed by atoms with Crippen molar-refractivity contribution in [2.75, 3.05) is 0 Å². The smallest absolute Gasteiger partial charge is 0.0230 e. The molecule has 1 aromatic rings. The lowest BCUT2D eigenvalue weighted by Crippen LogP contribution is -2.08. The summed E-state index contributed by atoms with van der Waals surface area (Å²) in [6.07, 6.45) is 1.16. The molecule has 0 atom stereocenters. The van der Waals surface area contributed by atoms with Crippen LogP contribution in [-0.4, -0.2) is 0 Å². The van der Waals surface area contributed by atoms with Crippen LogP contribution in [0, 0.1) is 5.41 Å². The lowest BCUT2D eigenvalue weighted by Gasteiger charge is -2.17. The van der Waals surface area contributed by atoms with E-state index < -0.39 is 0 Å². The average Bonchev–Trinajstić information content (AvgIpc) is 2.07. The molecule has 0 aliphatic carbocycles. The zero-order valence-corrected chi connectivity index (χ0v) is 9.59. The third-order valence-electron chi connectivity index (χ3n) is 1.58. The summed E-state index contributed by atoms with van der Waals surface area (Å²) >= 11 is 0. The van der Waals surface area contributed by atoms with Gasteiger partial charge >= 0.3 is 0 Å². The first-order chi connectivity index (χ1) is 6.08. The molecule has 0 fully saturated rings. The van der Waals surface area contributed by atoms with E-state index in [9.17, 15) is 0 Å². The molecule has 0 spiro atoms. The molecule has 0 aromatic heterocycles. The number of hydrogen-bond donors (Lipinski definition) is 0. The second-order valence-corrected chi connectivity index (χ2v) is 4.22. The van der Waals surface area contributed by atoms with Gasteiger partial charge in [0.2, 0.25) is 0 Å². The fourth-order valence-electron chi connectivity index (χ4n) is 1.21. The van der Waals surface area contributed by atoms with Gasteiger partial charge in [-0.15, -0.1) is 0 Å². The van der Waals surface area contributed by atoms with Crippen molar-refractivity contribution in [3.8, 4) is 0 Å². The third-order valence-corrected chi connectivity index (χ3v) is 1.58. The van der Waals surface area contributed by atoms with Crippen molar-refractivity contribution in [1.82, 2.24) is 0 Å². The first-order valence-corrected chi connectivity index (χ1v) is 5.12. The van der Waals surface area contributed by atoms with Gasteiger partial charge in [0.25, 0.3) is 0 Å². The van der Waals surface area contributed by atoms with E-state index in [4.69, 9.17) is 0 Å². The maximum absolute atomic E-state index is 2.26. The van der Waals surface area contributed by atoms with E-state index in [2.05, 4.69) is 51.1 Å². The van der Waals surface area contributed by atoms with Crippen molar-refractivity contribution in [2.24, 2.45) is 5.41 Å². The Bertz CT molecular complexity index is 203. The van der Waals surface area contributed by atoms with Crippen molar-refractivity contribution < 1.29 is 0 Å². The molecule has 0 bridgehead atoms. The highest BCUT2D eigenvalue weighted by molar-refractivity contribution is 5.15. The van der Waals surface area contributed by atoms with Crippen molar-refractivity contribution in [1.29, 1.82) is 0 Å². The molecular weight excluding hydrogens is 156 g/mol. The van der Waals surface area contributed by atoms with Crippen molar-refractivity contribution in [3.63, 3.8) is 0 Å². The first-order valence-electron chi connectivity index (χ1n) is 5.12. The number of benzene rings is 1. The highest BCUT2D eigenvalue weighted by atomic mass is 14.1. The van der Waals surface area contributed by atoms with Crippen LogP contribution in [0.4, 0.5) is 0 Å². The second-order valence-electron chi connectivity index (χ2n) is 4.22. The number of hydrogen-bond acceptors (Lipinski definition) is 0. The van der Waals surface area contributed by atoms with Gasteiger partial charge in [-0.05, 0) is 17.4 Å². The summed E-state index contributed by atoms with van der Waals surface area (Å²) < 4.78 is 0. The molecule has 0 heterocycles. The normalized spacial score (nSPS) is 10.2. The van der Waals surface area contributed by atoms with Gasteiger partial charge in [-0.2, -0.15) is 0 Å². The fraction of sp³-hybridized carbons (Fsp3) is 0.538. The molecule has 1 aromatic carbocycles. The monoisotopic (exact) mass is 178 g/mol. The van der Waals surface area contributed by atoms with Crippen LogP contribution < -0.4 is 0 Å². The predicted molar refractivity (Wildman–Crippen MR) is 60.9 cm³/mol. The zero-order chi connectivity index (χ0) is 10.3. The van der Waals surface area contributed by atoms with Crippen LogP contribution in [0.1, 0.15) is 40.2 Å². The van der Waals surface area contributed by atoms with Gasteiger partial charge in [0.05, 0.1) is 0 Å². The molecule has 74 valence electrons. The summed E-state index contributed by atoms with van der Waals surface area (Å²) in [6.45, 7) is 10.8. The van der Waals surface area contributed by atoms with Gasteiger partial charge in [-0.25, -0.2) is 0 Å². The predicted octanol–water partition coefficient (Wildman–Crippen LogP) is 4.30. The first kappa shape index (κ1) is 12.2. The maximum Gasteiger partial charge on any atom is -0.0230 e. The summed E-state index contributed by atoms with van der Waals surface area (Å²) in [5.74, 6) is 0. The van der Waals surface area contributed by atoms with Gasteiger partial charge in [0.1, 0.15) is 0 Å². The Labute approximate surface area is 83.0 Å². The molecular formula is C13H22. The molecule has 0 amide bonds. The summed E-state index contributed by atoms with van der Waals surface area (Å²) in [5.41, 5.74) is 1.83. The van der Waals surface area contributed by atoms with Crippen LogP contribution in [-0.2, 0) is 6.42 Å². The third kappa shape index (κ3) is 6.39. The van der Waals surface area contributed by atoms with Crippen LogP contribution in [0.15, 0.2) is 30.3 Å². The van der Waals surface area contributed by atoms with Crippen molar-refractivity contribution in [2.45, 2.75) is 41.0 Å². The second kappa shape index (κ2) is 5.80. The Balaban J connectivity index is 0.000000671. The van der Waals surface area contributed by atoms with E-state index in [0.717, 1.165) is 6.42 Å². The Hall–Kier alpha value is -0.780. The van der Waals surface area contributed by atoms with E-state index in [1.807, 2.05) is 13.8 Å². The van der Waals surface area contributed by atoms with E-state index in [0.29, 0.717) is 5.41 Å². The molecule has 0 aliphatic heterocycles. The van der Waals surface area contributed by atoms with E-state index in [-0.39, 0.29) is 0 Å². The van der Waals surface area contributed by atoms with Crippen LogP contribution in [0.5, 0.6) is 0 Å². The summed E-state index contributed by atoms with van der Waals surface area (Å²) in [6, 6.07) is 10.6. The van der Waals surface area contributed by atoms with Crippen LogP contribution in [0.25, 0.3) is 0 Å². The summed E-state index contributed by atoms with van der Waals surface area (Å²) in [7, 11) is 0. The van der Waals surface area contributed by atoms with Gasteiger partial charge in [-0.3, -0.25) is 0 Å². The molecule has 0 heteroatoms. The average molecular weight is 178 g/mol. The summed E-state index contributed by atoms with van der Waals surface area (Å²) in [5, 5.41) is 0. The Morgan fingerprint density at radius 3 is 1.77 bits per heavy atom. The number of rotatable bonds is 1. The van der Waals surface area contributed by atoms with Crippen LogP contribution in [0.3, 0.4) is 0 Å². The standard InChI is InChI=1S/C11H16.C2H6/c1-11(2,3)9-10-7-5-4-6-8-10;1-2/h4-8H,9H2,1-3H3;1-2H3. The minimum absolute atomic E-state index is 0.404. The fourth-order valence-corrected chi connectivity index (χ4v) is 1.21. The SMILES string of the molecule is CC.CC(C)(C)Cc1ccccc1. The topological polar surface area (TPSA) is 0 Å². The van der Waals surface area contributed by atoms with Crippen LogP contribution >= 0.6 is 0 Å². The lowest BCUT2D eigenvalue weighted by molar-refractivity contribution is 0.411. The molecule has 0 saturated heterocycles. The van der Waals surface area contributed by atoms with Gasteiger partial charge in [0, 0.05) is 0 Å². The van der Waals surface area contributed by atoms with E-state index >= 15 is 0 Å². The maximum atomic E-state index is 2.26. The van der Waals surface area contributed by atoms with Crippen molar-refractivity contribution in [3.05, 3.63) is 35.9 Å². The molecule has 0 aliphatic rings. The Kier molecular flexibility index (Phi) is 5.45. The van der Waals surface area contributed by atoms with Crippen molar-refractivity contribution >= 4 is 0 Å². The summed E-state index contributed by atoms with van der Waals surface area (Å²) in [4.78, 5) is 0. The molecule has 1 rings (SSSR count). The van der Waals surface area contributed by atoms with Gasteiger partial charge < -0.3 is 0 Å². The van der Waals surface area contributed by atoms with E-state index in [1.54, 1.807) is 0 Å². The largest absolute Gasteiger partial charge is 0.0683 e. The molecule has 0 nitrogen and oxygen atoms in total. The Morgan fingerprint density at radius 2 is 1.38 bits per heavy atom. The lowest BCUT2D eigenvalue weighted by atomic mass is 9.88. The molecule has 0 saturated carbocycles. The zero-order valence-electron chi connectivity index (χ0n) is 9.59. The van der Waals surface area contributed by atoms with Crippen LogP contribution in [0.2, 0.25) is 0 Å². The quantitative estimate of drug-likeness (QED) is 0.601. The minimum Gasteiger partial charge on any atom is -0.0683 e.